The summed E-state index contributed by atoms with van der Waals surface area (Å²) < 4.78 is 0. The van der Waals surface area contributed by atoms with Gasteiger partial charge in [-0.05, 0) is 66.6 Å². The van der Waals surface area contributed by atoms with Crippen LogP contribution in [-0.4, -0.2) is 22.6 Å². The molecule has 2 aliphatic rings. The minimum Gasteiger partial charge on any atom is -0.313 e. The number of aromatic amines is 2. The quantitative estimate of drug-likeness (QED) is 0.580. The summed E-state index contributed by atoms with van der Waals surface area (Å²) >= 11 is 6.46. The highest BCUT2D eigenvalue weighted by molar-refractivity contribution is 6.35. The Balaban J connectivity index is 1.88. The molecular formula is C20H20ClN3O. The van der Waals surface area contributed by atoms with E-state index in [9.17, 15) is 4.79 Å². The van der Waals surface area contributed by atoms with Crippen LogP contribution in [0.5, 0.6) is 0 Å². The van der Waals surface area contributed by atoms with E-state index in [1.807, 2.05) is 6.07 Å². The van der Waals surface area contributed by atoms with Crippen molar-refractivity contribution in [2.75, 3.05) is 6.54 Å². The molecule has 0 bridgehead atoms. The van der Waals surface area contributed by atoms with E-state index in [1.54, 1.807) is 0 Å². The largest absolute Gasteiger partial charge is 0.323 e. The normalized spacial score (nSPS) is 22.2. The molecule has 4 nitrogen and oxygen atoms in total. The lowest BCUT2D eigenvalue weighted by Crippen LogP contribution is -2.38. The molecule has 25 heavy (non-hydrogen) atoms. The van der Waals surface area contributed by atoms with E-state index in [0.717, 1.165) is 36.8 Å². The molecule has 0 spiro atoms. The van der Waals surface area contributed by atoms with E-state index in [4.69, 9.17) is 11.6 Å². The van der Waals surface area contributed by atoms with Gasteiger partial charge in [0.05, 0.1) is 16.1 Å². The van der Waals surface area contributed by atoms with Crippen LogP contribution in [-0.2, 0) is 12.8 Å². The molecule has 128 valence electrons. The summed E-state index contributed by atoms with van der Waals surface area (Å²) in [7, 11) is 0. The van der Waals surface area contributed by atoms with Gasteiger partial charge in [0.2, 0.25) is 0 Å². The Morgan fingerprint density at radius 2 is 1.92 bits per heavy atom. The van der Waals surface area contributed by atoms with Crippen LogP contribution in [0.15, 0.2) is 29.1 Å². The van der Waals surface area contributed by atoms with Crippen molar-refractivity contribution >= 4 is 22.6 Å². The first kappa shape index (κ1) is 15.2. The zero-order valence-electron chi connectivity index (χ0n) is 14.1. The maximum Gasteiger partial charge on any atom is 0.323 e. The summed E-state index contributed by atoms with van der Waals surface area (Å²) in [5.74, 6) is 0.244. The summed E-state index contributed by atoms with van der Waals surface area (Å²) in [6.07, 6.45) is 3.13. The molecule has 0 radical (unpaired) electrons. The van der Waals surface area contributed by atoms with Gasteiger partial charge in [-0.15, -0.1) is 0 Å². The van der Waals surface area contributed by atoms with Gasteiger partial charge in [-0.3, -0.25) is 0 Å². The molecule has 5 heteroatoms. The van der Waals surface area contributed by atoms with Gasteiger partial charge in [0, 0.05) is 12.0 Å². The van der Waals surface area contributed by atoms with E-state index in [0.29, 0.717) is 11.1 Å². The maximum atomic E-state index is 12.0. The number of H-pyrrole nitrogens is 2. The SMILES string of the molecule is Cc1cccc2c1[C@@H]1c3c(cc(Cl)c4[nH]c(=O)[nH]c34)CCN[C@H]1CC2. The zero-order chi connectivity index (χ0) is 17.1. The van der Waals surface area contributed by atoms with Crippen LogP contribution in [0.4, 0.5) is 0 Å². The summed E-state index contributed by atoms with van der Waals surface area (Å²) in [5, 5.41) is 4.36. The zero-order valence-corrected chi connectivity index (χ0v) is 14.8. The van der Waals surface area contributed by atoms with Crippen molar-refractivity contribution in [3.05, 3.63) is 67.6 Å². The van der Waals surface area contributed by atoms with Crippen molar-refractivity contribution in [3.8, 4) is 0 Å². The average Bonchev–Trinajstić information content (AvgIpc) is 2.88. The first-order valence-corrected chi connectivity index (χ1v) is 9.26. The summed E-state index contributed by atoms with van der Waals surface area (Å²) in [5.41, 5.74) is 8.06. The van der Waals surface area contributed by atoms with Gasteiger partial charge in [0.15, 0.2) is 0 Å². The van der Waals surface area contributed by atoms with Gasteiger partial charge in [-0.1, -0.05) is 29.8 Å². The Bertz CT molecular complexity index is 1050. The number of halogens is 1. The number of hydrogen-bond acceptors (Lipinski definition) is 2. The maximum absolute atomic E-state index is 12.0. The Kier molecular flexibility index (Phi) is 3.34. The van der Waals surface area contributed by atoms with Crippen LogP contribution in [0.25, 0.3) is 11.0 Å². The number of aromatic nitrogens is 2. The molecule has 2 atom stereocenters. The number of fused-ring (bicyclic) bond motifs is 7. The van der Waals surface area contributed by atoms with Gasteiger partial charge in [0.25, 0.3) is 0 Å². The lowest BCUT2D eigenvalue weighted by Gasteiger charge is -2.35. The fourth-order valence-electron chi connectivity index (χ4n) is 4.83. The number of aryl methyl sites for hydroxylation is 2. The number of rotatable bonds is 0. The summed E-state index contributed by atoms with van der Waals surface area (Å²) in [4.78, 5) is 17.9. The minimum atomic E-state index is -0.195. The molecular weight excluding hydrogens is 334 g/mol. The molecule has 1 aliphatic carbocycles. The second-order valence-electron chi connectivity index (χ2n) is 7.23. The third kappa shape index (κ3) is 2.21. The van der Waals surface area contributed by atoms with Crippen LogP contribution in [0.1, 0.15) is 40.2 Å². The topological polar surface area (TPSA) is 60.7 Å². The van der Waals surface area contributed by atoms with Crippen molar-refractivity contribution in [2.24, 2.45) is 0 Å². The predicted octanol–water partition coefficient (Wildman–Crippen LogP) is 3.41. The smallest absolute Gasteiger partial charge is 0.313 e. The van der Waals surface area contributed by atoms with Crippen molar-refractivity contribution in [1.82, 2.24) is 15.3 Å². The second-order valence-corrected chi connectivity index (χ2v) is 7.64. The van der Waals surface area contributed by atoms with E-state index in [1.165, 1.54) is 27.8 Å². The lowest BCUT2D eigenvalue weighted by molar-refractivity contribution is 0.433. The first-order valence-electron chi connectivity index (χ1n) is 8.88. The van der Waals surface area contributed by atoms with Gasteiger partial charge in [0.1, 0.15) is 0 Å². The molecule has 3 aromatic rings. The number of hydrogen-bond donors (Lipinski definition) is 3. The standard InChI is InChI=1S/C20H20ClN3O/c1-10-3-2-4-11-5-6-14-17(15(10)11)16-12(7-8-22-14)9-13(21)18-19(16)24-20(25)23-18/h2-4,9,14,17,22H,5-8H2,1H3,(H2,23,24,25)/t14-,17+/m0/s1. The predicted molar refractivity (Wildman–Crippen MR) is 101 cm³/mol. The molecule has 2 heterocycles. The Morgan fingerprint density at radius 3 is 2.80 bits per heavy atom. The highest BCUT2D eigenvalue weighted by atomic mass is 35.5. The molecule has 1 aromatic heterocycles. The van der Waals surface area contributed by atoms with Gasteiger partial charge in [-0.25, -0.2) is 4.79 Å². The van der Waals surface area contributed by atoms with Crippen LogP contribution in [0, 0.1) is 6.92 Å². The highest BCUT2D eigenvalue weighted by Gasteiger charge is 2.36. The molecule has 2 aromatic carbocycles. The highest BCUT2D eigenvalue weighted by Crippen LogP contribution is 2.44. The van der Waals surface area contributed by atoms with E-state index in [2.05, 4.69) is 40.4 Å². The Labute approximate surface area is 150 Å². The average molecular weight is 354 g/mol. The first-order chi connectivity index (χ1) is 12.1. The molecule has 0 saturated heterocycles. The summed E-state index contributed by atoms with van der Waals surface area (Å²) in [6, 6.07) is 9.02. The van der Waals surface area contributed by atoms with Crippen LogP contribution < -0.4 is 11.0 Å². The van der Waals surface area contributed by atoms with Crippen LogP contribution in [0.3, 0.4) is 0 Å². The van der Waals surface area contributed by atoms with Crippen LogP contribution in [0.2, 0.25) is 5.02 Å². The fraction of sp³-hybridized carbons (Fsp3) is 0.350. The lowest BCUT2D eigenvalue weighted by atomic mass is 9.73. The van der Waals surface area contributed by atoms with E-state index >= 15 is 0 Å². The molecule has 0 fully saturated rings. The van der Waals surface area contributed by atoms with Crippen LogP contribution >= 0.6 is 11.6 Å². The number of nitrogens with one attached hydrogen (secondary N) is 3. The molecule has 0 saturated carbocycles. The summed E-state index contributed by atoms with van der Waals surface area (Å²) in [6.45, 7) is 3.13. The third-order valence-corrected chi connectivity index (χ3v) is 6.14. The van der Waals surface area contributed by atoms with E-state index in [-0.39, 0.29) is 11.6 Å². The van der Waals surface area contributed by atoms with Crippen molar-refractivity contribution in [3.63, 3.8) is 0 Å². The Hall–Kier alpha value is -2.04. The van der Waals surface area contributed by atoms with Gasteiger partial charge < -0.3 is 15.3 Å². The van der Waals surface area contributed by atoms with Crippen molar-refractivity contribution < 1.29 is 0 Å². The minimum absolute atomic E-state index is 0.195. The van der Waals surface area contributed by atoms with E-state index < -0.39 is 0 Å². The Morgan fingerprint density at radius 1 is 1.08 bits per heavy atom. The van der Waals surface area contributed by atoms with Crippen molar-refractivity contribution in [2.45, 2.75) is 38.1 Å². The van der Waals surface area contributed by atoms with Crippen molar-refractivity contribution in [1.29, 1.82) is 0 Å². The third-order valence-electron chi connectivity index (χ3n) is 5.85. The van der Waals surface area contributed by atoms with Gasteiger partial charge in [-0.2, -0.15) is 0 Å². The number of benzene rings is 2. The monoisotopic (exact) mass is 353 g/mol. The fourth-order valence-corrected chi connectivity index (χ4v) is 5.10. The molecule has 5 rings (SSSR count). The molecule has 1 aliphatic heterocycles. The second kappa shape index (κ2) is 5.48. The molecule has 0 amide bonds. The number of imidazole rings is 1. The van der Waals surface area contributed by atoms with Gasteiger partial charge >= 0.3 is 5.69 Å². The molecule has 3 N–H and O–H groups in total. The molecule has 0 unspecified atom stereocenters.